The molecule has 0 amide bonds. The van der Waals surface area contributed by atoms with E-state index in [1.54, 1.807) is 24.4 Å². The average Bonchev–Trinajstić information content (AvgIpc) is 2.35. The Hall–Kier alpha value is -1.61. The Morgan fingerprint density at radius 2 is 2.22 bits per heavy atom. The van der Waals surface area contributed by atoms with Gasteiger partial charge in [0.05, 0.1) is 11.1 Å². The van der Waals surface area contributed by atoms with Crippen molar-refractivity contribution in [3.8, 4) is 0 Å². The zero-order valence-corrected chi connectivity index (χ0v) is 11.0. The maximum atomic E-state index is 11.5. The van der Waals surface area contributed by atoms with Crippen LogP contribution in [0.4, 0.5) is 0 Å². The maximum Gasteiger partial charge on any atom is 0.336 e. The second-order valence-electron chi connectivity index (χ2n) is 4.36. The normalized spacial score (nSPS) is 12.6. The molecule has 0 radical (unpaired) electrons. The molecule has 0 aliphatic heterocycles. The summed E-state index contributed by atoms with van der Waals surface area (Å²) in [5.41, 5.74) is 1.74. The van der Waals surface area contributed by atoms with Crippen molar-refractivity contribution in [2.45, 2.75) is 26.2 Å². The number of carboxylic acids is 1. The summed E-state index contributed by atoms with van der Waals surface area (Å²) in [5.74, 6) is -0.771. The van der Waals surface area contributed by atoms with Crippen LogP contribution in [0.1, 0.15) is 42.1 Å². The third kappa shape index (κ3) is 2.18. The number of rotatable bonds is 3. The molecule has 0 saturated carbocycles. The minimum absolute atomic E-state index is 0.159. The molecule has 1 aromatic heterocycles. The molecule has 1 N–H and O–H groups in total. The number of halogens is 1. The van der Waals surface area contributed by atoms with E-state index >= 15 is 0 Å². The fraction of sp³-hybridized carbons (Fsp3) is 0.286. The van der Waals surface area contributed by atoms with Gasteiger partial charge in [-0.15, -0.1) is 0 Å². The van der Waals surface area contributed by atoms with Crippen molar-refractivity contribution < 1.29 is 9.90 Å². The molecule has 1 heterocycles. The number of aromatic nitrogens is 1. The van der Waals surface area contributed by atoms with E-state index in [-0.39, 0.29) is 5.92 Å². The Morgan fingerprint density at radius 1 is 1.50 bits per heavy atom. The number of hydrogen-bond donors (Lipinski definition) is 1. The Balaban J connectivity index is 2.81. The number of benzene rings is 1. The van der Waals surface area contributed by atoms with Gasteiger partial charge in [0, 0.05) is 16.6 Å². The van der Waals surface area contributed by atoms with E-state index in [2.05, 4.69) is 4.98 Å². The highest BCUT2D eigenvalue weighted by Gasteiger charge is 2.18. The summed E-state index contributed by atoms with van der Waals surface area (Å²) in [4.78, 5) is 15.8. The van der Waals surface area contributed by atoms with Gasteiger partial charge in [0.25, 0.3) is 0 Å². The van der Waals surface area contributed by atoms with Crippen LogP contribution < -0.4 is 0 Å². The summed E-state index contributed by atoms with van der Waals surface area (Å²) in [5, 5.41) is 10.6. The van der Waals surface area contributed by atoms with E-state index in [0.29, 0.717) is 21.5 Å². The number of pyridine rings is 1. The smallest absolute Gasteiger partial charge is 0.336 e. The second kappa shape index (κ2) is 4.94. The first-order valence-electron chi connectivity index (χ1n) is 5.86. The van der Waals surface area contributed by atoms with Crippen molar-refractivity contribution in [3.05, 3.63) is 40.5 Å². The minimum atomic E-state index is -0.931. The predicted molar refractivity (Wildman–Crippen MR) is 72.4 cm³/mol. The molecule has 1 aromatic carbocycles. The number of aromatic carboxylic acids is 1. The molecule has 1 atom stereocenters. The standard InChI is InChI=1S/C14H14ClNO2/c1-3-8(2)11-7-16-12-5-4-9(15)6-10(12)13(11)14(17)18/h4-8H,3H2,1-2H3,(H,17,18). The molecular formula is C14H14ClNO2. The molecular weight excluding hydrogens is 250 g/mol. The summed E-state index contributed by atoms with van der Waals surface area (Å²) >= 11 is 5.94. The van der Waals surface area contributed by atoms with Gasteiger partial charge < -0.3 is 5.11 Å². The predicted octanol–water partition coefficient (Wildman–Crippen LogP) is 4.10. The van der Waals surface area contributed by atoms with E-state index in [9.17, 15) is 9.90 Å². The molecule has 18 heavy (non-hydrogen) atoms. The van der Waals surface area contributed by atoms with Gasteiger partial charge in [-0.3, -0.25) is 4.98 Å². The van der Waals surface area contributed by atoms with Gasteiger partial charge in [0.2, 0.25) is 0 Å². The quantitative estimate of drug-likeness (QED) is 0.907. The van der Waals surface area contributed by atoms with Crippen molar-refractivity contribution in [1.29, 1.82) is 0 Å². The molecule has 0 saturated heterocycles. The lowest BCUT2D eigenvalue weighted by molar-refractivity contribution is 0.0697. The number of hydrogen-bond acceptors (Lipinski definition) is 2. The summed E-state index contributed by atoms with van der Waals surface area (Å²) in [6, 6.07) is 5.12. The van der Waals surface area contributed by atoms with Crippen LogP contribution in [0.2, 0.25) is 5.02 Å². The zero-order chi connectivity index (χ0) is 13.3. The lowest BCUT2D eigenvalue weighted by Crippen LogP contribution is -2.07. The Kier molecular flexibility index (Phi) is 3.53. The van der Waals surface area contributed by atoms with Crippen LogP contribution in [0.5, 0.6) is 0 Å². The van der Waals surface area contributed by atoms with Crippen LogP contribution in [0.25, 0.3) is 10.9 Å². The number of carbonyl (C=O) groups is 1. The minimum Gasteiger partial charge on any atom is -0.478 e. The third-order valence-corrected chi connectivity index (χ3v) is 3.45. The van der Waals surface area contributed by atoms with Crippen molar-refractivity contribution in [3.63, 3.8) is 0 Å². The second-order valence-corrected chi connectivity index (χ2v) is 4.80. The van der Waals surface area contributed by atoms with Gasteiger partial charge in [-0.25, -0.2) is 4.79 Å². The number of fused-ring (bicyclic) bond motifs is 1. The van der Waals surface area contributed by atoms with Crippen LogP contribution in [0.3, 0.4) is 0 Å². The van der Waals surface area contributed by atoms with Crippen molar-refractivity contribution in [1.82, 2.24) is 4.98 Å². The molecule has 0 fully saturated rings. The van der Waals surface area contributed by atoms with E-state index in [1.807, 2.05) is 13.8 Å². The van der Waals surface area contributed by atoms with Crippen molar-refractivity contribution in [2.24, 2.45) is 0 Å². The molecule has 2 aromatic rings. The molecule has 4 heteroatoms. The first kappa shape index (κ1) is 12.8. The largest absolute Gasteiger partial charge is 0.478 e. The molecule has 0 aliphatic carbocycles. The lowest BCUT2D eigenvalue weighted by atomic mass is 9.93. The zero-order valence-electron chi connectivity index (χ0n) is 10.3. The highest BCUT2D eigenvalue weighted by atomic mass is 35.5. The summed E-state index contributed by atoms with van der Waals surface area (Å²) < 4.78 is 0. The SMILES string of the molecule is CCC(C)c1cnc2ccc(Cl)cc2c1C(=O)O. The van der Waals surface area contributed by atoms with Gasteiger partial charge in [-0.1, -0.05) is 25.4 Å². The Morgan fingerprint density at radius 3 is 2.83 bits per heavy atom. The molecule has 1 unspecified atom stereocenters. The Bertz CT molecular complexity index is 610. The first-order chi connectivity index (χ1) is 8.54. The van der Waals surface area contributed by atoms with Crippen LogP contribution in [-0.4, -0.2) is 16.1 Å². The van der Waals surface area contributed by atoms with Crippen LogP contribution >= 0.6 is 11.6 Å². The topological polar surface area (TPSA) is 50.2 Å². The van der Waals surface area contributed by atoms with Gasteiger partial charge in [-0.05, 0) is 36.1 Å². The first-order valence-corrected chi connectivity index (χ1v) is 6.23. The molecule has 94 valence electrons. The fourth-order valence-electron chi connectivity index (χ4n) is 2.01. The monoisotopic (exact) mass is 263 g/mol. The molecule has 3 nitrogen and oxygen atoms in total. The Labute approximate surface area is 110 Å². The average molecular weight is 264 g/mol. The maximum absolute atomic E-state index is 11.5. The third-order valence-electron chi connectivity index (χ3n) is 3.22. The van der Waals surface area contributed by atoms with E-state index in [0.717, 1.165) is 12.0 Å². The van der Waals surface area contributed by atoms with Crippen molar-refractivity contribution in [2.75, 3.05) is 0 Å². The van der Waals surface area contributed by atoms with E-state index < -0.39 is 5.97 Å². The van der Waals surface area contributed by atoms with Crippen LogP contribution in [-0.2, 0) is 0 Å². The molecule has 0 aliphatic rings. The number of carboxylic acid groups (broad SMARTS) is 1. The van der Waals surface area contributed by atoms with Crippen molar-refractivity contribution >= 4 is 28.5 Å². The van der Waals surface area contributed by atoms with Gasteiger partial charge in [0.15, 0.2) is 0 Å². The summed E-state index contributed by atoms with van der Waals surface area (Å²) in [7, 11) is 0. The highest BCUT2D eigenvalue weighted by molar-refractivity contribution is 6.31. The van der Waals surface area contributed by atoms with E-state index in [4.69, 9.17) is 11.6 Å². The summed E-state index contributed by atoms with van der Waals surface area (Å²) in [6.07, 6.45) is 2.53. The van der Waals surface area contributed by atoms with Gasteiger partial charge in [-0.2, -0.15) is 0 Å². The van der Waals surface area contributed by atoms with Crippen LogP contribution in [0.15, 0.2) is 24.4 Å². The molecule has 0 spiro atoms. The lowest BCUT2D eigenvalue weighted by Gasteiger charge is -2.14. The van der Waals surface area contributed by atoms with Gasteiger partial charge >= 0.3 is 5.97 Å². The van der Waals surface area contributed by atoms with E-state index in [1.165, 1.54) is 0 Å². The molecule has 2 rings (SSSR count). The van der Waals surface area contributed by atoms with Gasteiger partial charge in [0.1, 0.15) is 0 Å². The fourth-order valence-corrected chi connectivity index (χ4v) is 2.18. The number of nitrogens with zero attached hydrogens (tertiary/aromatic N) is 1. The molecule has 0 bridgehead atoms. The van der Waals surface area contributed by atoms with Crippen LogP contribution in [0, 0.1) is 0 Å². The summed E-state index contributed by atoms with van der Waals surface area (Å²) in [6.45, 7) is 4.03. The highest BCUT2D eigenvalue weighted by Crippen LogP contribution is 2.29.